The molecule has 0 saturated carbocycles. The number of methoxy groups -OCH3 is 1. The third-order valence-corrected chi connectivity index (χ3v) is 2.05. The number of nitrogens with one attached hydrogen (secondary N) is 1. The van der Waals surface area contributed by atoms with Crippen LogP contribution in [0, 0.1) is 5.82 Å². The first kappa shape index (κ1) is 12.9. The minimum atomic E-state index is -0.269. The van der Waals surface area contributed by atoms with Crippen molar-refractivity contribution in [1.29, 1.82) is 0 Å². The van der Waals surface area contributed by atoms with Gasteiger partial charge in [-0.1, -0.05) is 0 Å². The summed E-state index contributed by atoms with van der Waals surface area (Å²) in [5, 5.41) is 3.15. The number of rotatable bonds is 7. The SMILES string of the molecule is CCOc1cc(F)cc(CNCCOC)c1. The molecular weight excluding hydrogens is 209 g/mol. The van der Waals surface area contributed by atoms with E-state index in [0.717, 1.165) is 12.1 Å². The molecule has 16 heavy (non-hydrogen) atoms. The monoisotopic (exact) mass is 227 g/mol. The quantitative estimate of drug-likeness (QED) is 0.722. The lowest BCUT2D eigenvalue weighted by atomic mass is 10.2. The van der Waals surface area contributed by atoms with Gasteiger partial charge in [-0.05, 0) is 24.6 Å². The third kappa shape index (κ3) is 4.59. The summed E-state index contributed by atoms with van der Waals surface area (Å²) < 4.78 is 23.4. The van der Waals surface area contributed by atoms with Gasteiger partial charge in [0.05, 0.1) is 13.2 Å². The van der Waals surface area contributed by atoms with E-state index in [9.17, 15) is 4.39 Å². The van der Waals surface area contributed by atoms with E-state index in [1.165, 1.54) is 12.1 Å². The van der Waals surface area contributed by atoms with Gasteiger partial charge < -0.3 is 14.8 Å². The van der Waals surface area contributed by atoms with Crippen molar-refractivity contribution < 1.29 is 13.9 Å². The Labute approximate surface area is 95.6 Å². The maximum Gasteiger partial charge on any atom is 0.127 e. The minimum Gasteiger partial charge on any atom is -0.494 e. The zero-order valence-electron chi connectivity index (χ0n) is 9.75. The van der Waals surface area contributed by atoms with Crippen LogP contribution in [-0.2, 0) is 11.3 Å². The van der Waals surface area contributed by atoms with Gasteiger partial charge in [0.15, 0.2) is 0 Å². The molecule has 1 N–H and O–H groups in total. The van der Waals surface area contributed by atoms with Crippen LogP contribution in [0.15, 0.2) is 18.2 Å². The first-order chi connectivity index (χ1) is 7.76. The van der Waals surface area contributed by atoms with E-state index in [4.69, 9.17) is 9.47 Å². The number of benzene rings is 1. The van der Waals surface area contributed by atoms with E-state index in [1.54, 1.807) is 7.11 Å². The summed E-state index contributed by atoms with van der Waals surface area (Å²) >= 11 is 0. The second-order valence-corrected chi connectivity index (χ2v) is 3.40. The van der Waals surface area contributed by atoms with Crippen LogP contribution in [0.5, 0.6) is 5.75 Å². The summed E-state index contributed by atoms with van der Waals surface area (Å²) in [6.45, 7) is 4.42. The smallest absolute Gasteiger partial charge is 0.127 e. The molecule has 0 saturated heterocycles. The Hall–Kier alpha value is -1.13. The molecule has 0 heterocycles. The number of hydrogen-bond acceptors (Lipinski definition) is 3. The molecule has 0 atom stereocenters. The van der Waals surface area contributed by atoms with Crippen LogP contribution in [0.2, 0.25) is 0 Å². The molecule has 0 spiro atoms. The topological polar surface area (TPSA) is 30.5 Å². The van der Waals surface area contributed by atoms with Gasteiger partial charge in [0.2, 0.25) is 0 Å². The molecular formula is C12H18FNO2. The summed E-state index contributed by atoms with van der Waals surface area (Å²) in [4.78, 5) is 0. The van der Waals surface area contributed by atoms with Gasteiger partial charge in [0, 0.05) is 26.3 Å². The fourth-order valence-electron chi connectivity index (χ4n) is 1.38. The van der Waals surface area contributed by atoms with Gasteiger partial charge in [-0.2, -0.15) is 0 Å². The normalized spacial score (nSPS) is 10.4. The van der Waals surface area contributed by atoms with Gasteiger partial charge in [-0.15, -0.1) is 0 Å². The predicted octanol–water partition coefficient (Wildman–Crippen LogP) is 1.96. The fourth-order valence-corrected chi connectivity index (χ4v) is 1.38. The first-order valence-corrected chi connectivity index (χ1v) is 5.38. The Balaban J connectivity index is 2.51. The van der Waals surface area contributed by atoms with Crippen molar-refractivity contribution in [3.05, 3.63) is 29.6 Å². The molecule has 0 aliphatic rings. The summed E-state index contributed by atoms with van der Waals surface area (Å²) in [5.74, 6) is 0.306. The Morgan fingerprint density at radius 1 is 1.31 bits per heavy atom. The van der Waals surface area contributed by atoms with Crippen molar-refractivity contribution in [1.82, 2.24) is 5.32 Å². The van der Waals surface area contributed by atoms with Gasteiger partial charge in [-0.3, -0.25) is 0 Å². The first-order valence-electron chi connectivity index (χ1n) is 5.38. The second kappa shape index (κ2) is 7.19. The van der Waals surface area contributed by atoms with Crippen molar-refractivity contribution in [2.75, 3.05) is 26.9 Å². The molecule has 1 aromatic rings. The van der Waals surface area contributed by atoms with Crippen LogP contribution < -0.4 is 10.1 Å². The van der Waals surface area contributed by atoms with Crippen LogP contribution in [0.1, 0.15) is 12.5 Å². The van der Waals surface area contributed by atoms with Crippen molar-refractivity contribution in [3.8, 4) is 5.75 Å². The molecule has 90 valence electrons. The minimum absolute atomic E-state index is 0.269. The van der Waals surface area contributed by atoms with Crippen molar-refractivity contribution in [2.24, 2.45) is 0 Å². The average Bonchev–Trinajstić information content (AvgIpc) is 2.24. The van der Waals surface area contributed by atoms with E-state index >= 15 is 0 Å². The Morgan fingerprint density at radius 2 is 2.12 bits per heavy atom. The summed E-state index contributed by atoms with van der Waals surface area (Å²) in [6.07, 6.45) is 0. The summed E-state index contributed by atoms with van der Waals surface area (Å²) in [7, 11) is 1.65. The van der Waals surface area contributed by atoms with Crippen LogP contribution in [0.4, 0.5) is 4.39 Å². The standard InChI is InChI=1S/C12H18FNO2/c1-3-16-12-7-10(6-11(13)8-12)9-14-4-5-15-2/h6-8,14H,3-5,9H2,1-2H3. The molecule has 1 aromatic carbocycles. The van der Waals surface area contributed by atoms with Gasteiger partial charge in [-0.25, -0.2) is 4.39 Å². The van der Waals surface area contributed by atoms with Gasteiger partial charge in [0.1, 0.15) is 11.6 Å². The molecule has 3 nitrogen and oxygen atoms in total. The van der Waals surface area contributed by atoms with Crippen LogP contribution in [0.25, 0.3) is 0 Å². The third-order valence-electron chi connectivity index (χ3n) is 2.05. The maximum absolute atomic E-state index is 13.2. The van der Waals surface area contributed by atoms with E-state index in [-0.39, 0.29) is 5.82 Å². The highest BCUT2D eigenvalue weighted by atomic mass is 19.1. The molecule has 0 aliphatic carbocycles. The Kier molecular flexibility index (Phi) is 5.82. The second-order valence-electron chi connectivity index (χ2n) is 3.40. The lowest BCUT2D eigenvalue weighted by Crippen LogP contribution is -2.18. The summed E-state index contributed by atoms with van der Waals surface area (Å²) in [5.41, 5.74) is 0.875. The van der Waals surface area contributed by atoms with E-state index < -0.39 is 0 Å². The van der Waals surface area contributed by atoms with Crippen molar-refractivity contribution in [2.45, 2.75) is 13.5 Å². The lowest BCUT2D eigenvalue weighted by molar-refractivity contribution is 0.199. The Bertz CT molecular complexity index is 318. The number of ether oxygens (including phenoxy) is 2. The molecule has 0 aliphatic heterocycles. The van der Waals surface area contributed by atoms with E-state index in [0.29, 0.717) is 25.5 Å². The molecule has 0 bridgehead atoms. The van der Waals surface area contributed by atoms with Crippen LogP contribution >= 0.6 is 0 Å². The van der Waals surface area contributed by atoms with Crippen LogP contribution in [-0.4, -0.2) is 26.9 Å². The van der Waals surface area contributed by atoms with Crippen LogP contribution in [0.3, 0.4) is 0 Å². The highest BCUT2D eigenvalue weighted by Gasteiger charge is 2.01. The maximum atomic E-state index is 13.2. The zero-order chi connectivity index (χ0) is 11.8. The van der Waals surface area contributed by atoms with Crippen molar-refractivity contribution >= 4 is 0 Å². The van der Waals surface area contributed by atoms with E-state index in [2.05, 4.69) is 5.32 Å². The highest BCUT2D eigenvalue weighted by molar-refractivity contribution is 5.29. The van der Waals surface area contributed by atoms with Crippen molar-refractivity contribution in [3.63, 3.8) is 0 Å². The number of hydrogen-bond donors (Lipinski definition) is 1. The largest absolute Gasteiger partial charge is 0.494 e. The highest BCUT2D eigenvalue weighted by Crippen LogP contribution is 2.16. The molecule has 0 amide bonds. The molecule has 0 unspecified atom stereocenters. The predicted molar refractivity (Wildman–Crippen MR) is 61.2 cm³/mol. The lowest BCUT2D eigenvalue weighted by Gasteiger charge is -2.08. The van der Waals surface area contributed by atoms with Gasteiger partial charge in [0.25, 0.3) is 0 Å². The molecule has 0 aromatic heterocycles. The molecule has 0 fully saturated rings. The fraction of sp³-hybridized carbons (Fsp3) is 0.500. The molecule has 4 heteroatoms. The summed E-state index contributed by atoms with van der Waals surface area (Å²) in [6, 6.07) is 4.73. The molecule has 0 radical (unpaired) electrons. The molecule has 1 rings (SSSR count). The van der Waals surface area contributed by atoms with Gasteiger partial charge >= 0.3 is 0 Å². The Morgan fingerprint density at radius 3 is 2.81 bits per heavy atom. The zero-order valence-corrected chi connectivity index (χ0v) is 9.75. The average molecular weight is 227 g/mol. The van der Waals surface area contributed by atoms with E-state index in [1.807, 2.05) is 13.0 Å². The number of halogens is 1.